The molecule has 4 aromatic rings. The van der Waals surface area contributed by atoms with Gasteiger partial charge < -0.3 is 9.47 Å². The molecule has 0 radical (unpaired) electrons. The van der Waals surface area contributed by atoms with Crippen LogP contribution < -0.4 is 4.74 Å². The zero-order valence-electron chi connectivity index (χ0n) is 15.1. The van der Waals surface area contributed by atoms with E-state index in [-0.39, 0.29) is 5.97 Å². The lowest BCUT2D eigenvalue weighted by Crippen LogP contribution is -2.29. The van der Waals surface area contributed by atoms with E-state index >= 15 is 0 Å². The molecule has 0 aliphatic carbocycles. The monoisotopic (exact) mass is 394 g/mol. The first-order valence-corrected chi connectivity index (χ1v) is 10.6. The van der Waals surface area contributed by atoms with Gasteiger partial charge in [0.25, 0.3) is 0 Å². The maximum atomic E-state index is 12.5. The second-order valence-corrected chi connectivity index (χ2v) is 9.03. The number of fused-ring (bicyclic) bond motifs is 6. The first-order valence-electron chi connectivity index (χ1n) is 8.99. The Hall–Kier alpha value is -2.37. The normalized spacial score (nSPS) is 14.6. The zero-order valence-corrected chi connectivity index (χ0v) is 16.7. The summed E-state index contributed by atoms with van der Waals surface area (Å²) in [6.07, 6.45) is 0.309. The molecule has 2 aromatic heterocycles. The lowest BCUT2D eigenvalue weighted by atomic mass is 9.81. The molecule has 0 N–H and O–H groups in total. The Morgan fingerprint density at radius 3 is 2.00 bits per heavy atom. The van der Waals surface area contributed by atoms with Crippen LogP contribution >= 0.6 is 22.7 Å². The molecule has 5 rings (SSSR count). The van der Waals surface area contributed by atoms with E-state index in [0.717, 1.165) is 32.0 Å². The van der Waals surface area contributed by atoms with Crippen LogP contribution in [-0.2, 0) is 14.9 Å². The molecule has 0 atom stereocenters. The maximum absolute atomic E-state index is 12.5. The molecule has 0 saturated carbocycles. The Labute approximate surface area is 165 Å². The van der Waals surface area contributed by atoms with Gasteiger partial charge in [-0.15, -0.1) is 22.7 Å². The van der Waals surface area contributed by atoms with E-state index in [1.165, 1.54) is 9.40 Å². The first kappa shape index (κ1) is 16.8. The number of carbonyl (C=O) groups is 1. The van der Waals surface area contributed by atoms with Gasteiger partial charge in [0.05, 0.1) is 28.2 Å². The summed E-state index contributed by atoms with van der Waals surface area (Å²) in [6.45, 7) is 4.39. The van der Waals surface area contributed by atoms with E-state index < -0.39 is 5.41 Å². The van der Waals surface area contributed by atoms with E-state index in [4.69, 9.17) is 9.47 Å². The minimum atomic E-state index is -0.456. The Kier molecular flexibility index (Phi) is 3.78. The Morgan fingerprint density at radius 2 is 1.48 bits per heavy atom. The molecule has 0 unspecified atom stereocenters. The minimum Gasteiger partial charge on any atom is -0.466 e. The van der Waals surface area contributed by atoms with Gasteiger partial charge in [-0.2, -0.15) is 0 Å². The van der Waals surface area contributed by atoms with Crippen molar-refractivity contribution in [1.82, 2.24) is 0 Å². The summed E-state index contributed by atoms with van der Waals surface area (Å²) in [5.74, 6) is 1.60. The van der Waals surface area contributed by atoms with Crippen molar-refractivity contribution in [1.29, 1.82) is 0 Å². The van der Waals surface area contributed by atoms with Gasteiger partial charge in [-0.3, -0.25) is 4.79 Å². The Balaban J connectivity index is 1.79. The SMILES string of the molecule is CCOC(=O)CC1(C)c2sc3ccccc3c2Oc2c1sc1ccccc21. The lowest BCUT2D eigenvalue weighted by Gasteiger charge is -2.32. The Morgan fingerprint density at radius 1 is 0.963 bits per heavy atom. The van der Waals surface area contributed by atoms with Crippen molar-refractivity contribution in [3.63, 3.8) is 0 Å². The van der Waals surface area contributed by atoms with Gasteiger partial charge in [-0.05, 0) is 38.1 Å². The standard InChI is InChI=1S/C22H18O3S2/c1-3-24-17(23)12-22(2)20-18(13-8-4-6-10-15(13)26-20)25-19-14-9-5-7-11-16(14)27-21(19)22/h4-11H,3,12H2,1-2H3. The fraction of sp³-hybridized carbons (Fsp3) is 0.227. The van der Waals surface area contributed by atoms with Crippen LogP contribution in [0.15, 0.2) is 48.5 Å². The van der Waals surface area contributed by atoms with E-state index in [1.807, 2.05) is 31.2 Å². The van der Waals surface area contributed by atoms with Crippen LogP contribution in [0.25, 0.3) is 20.2 Å². The van der Waals surface area contributed by atoms with Crippen molar-refractivity contribution in [2.24, 2.45) is 0 Å². The van der Waals surface area contributed by atoms with Gasteiger partial charge in [0.2, 0.25) is 0 Å². The second kappa shape index (κ2) is 6.08. The number of benzene rings is 2. The molecule has 1 aliphatic heterocycles. The molecule has 0 saturated heterocycles. The highest BCUT2D eigenvalue weighted by molar-refractivity contribution is 7.21. The molecule has 3 nitrogen and oxygen atoms in total. The molecule has 3 heterocycles. The number of carbonyl (C=O) groups excluding carboxylic acids is 1. The van der Waals surface area contributed by atoms with Gasteiger partial charge in [-0.1, -0.05) is 24.3 Å². The van der Waals surface area contributed by atoms with Crippen LogP contribution in [0.5, 0.6) is 11.5 Å². The number of rotatable bonds is 3. The summed E-state index contributed by atoms with van der Waals surface area (Å²) in [5.41, 5.74) is -0.456. The van der Waals surface area contributed by atoms with Crippen molar-refractivity contribution < 1.29 is 14.3 Å². The van der Waals surface area contributed by atoms with Gasteiger partial charge in [0.15, 0.2) is 0 Å². The van der Waals surface area contributed by atoms with Crippen LogP contribution in [-0.4, -0.2) is 12.6 Å². The average Bonchev–Trinajstić information content (AvgIpc) is 3.22. The molecule has 0 amide bonds. The van der Waals surface area contributed by atoms with Crippen LogP contribution in [0, 0.1) is 0 Å². The van der Waals surface area contributed by atoms with Crippen molar-refractivity contribution in [2.45, 2.75) is 25.7 Å². The zero-order chi connectivity index (χ0) is 18.6. The predicted octanol–water partition coefficient (Wildman–Crippen LogP) is 6.48. The van der Waals surface area contributed by atoms with Gasteiger partial charge in [-0.25, -0.2) is 0 Å². The molecule has 0 spiro atoms. The summed E-state index contributed by atoms with van der Waals surface area (Å²) in [5, 5.41) is 2.21. The summed E-state index contributed by atoms with van der Waals surface area (Å²) in [7, 11) is 0. The number of ether oxygens (including phenoxy) is 2. The molecule has 2 aromatic carbocycles. The first-order chi connectivity index (χ1) is 13.1. The van der Waals surface area contributed by atoms with E-state index in [0.29, 0.717) is 13.0 Å². The quantitative estimate of drug-likeness (QED) is 0.373. The molecule has 136 valence electrons. The van der Waals surface area contributed by atoms with E-state index in [1.54, 1.807) is 22.7 Å². The van der Waals surface area contributed by atoms with Crippen molar-refractivity contribution in [3.8, 4) is 11.5 Å². The molecule has 0 fully saturated rings. The molecular formula is C22H18O3S2. The summed E-state index contributed by atoms with van der Waals surface area (Å²) >= 11 is 3.43. The smallest absolute Gasteiger partial charge is 0.307 e. The maximum Gasteiger partial charge on any atom is 0.307 e. The molecule has 27 heavy (non-hydrogen) atoms. The topological polar surface area (TPSA) is 35.5 Å². The third-order valence-electron chi connectivity index (χ3n) is 5.11. The van der Waals surface area contributed by atoms with Gasteiger partial charge in [0.1, 0.15) is 11.5 Å². The number of hydrogen-bond acceptors (Lipinski definition) is 5. The molecule has 5 heteroatoms. The number of hydrogen-bond donors (Lipinski definition) is 0. The summed E-state index contributed by atoms with van der Waals surface area (Å²) < 4.78 is 14.2. The van der Waals surface area contributed by atoms with Crippen molar-refractivity contribution in [2.75, 3.05) is 6.61 Å². The highest BCUT2D eigenvalue weighted by Crippen LogP contribution is 2.59. The van der Waals surface area contributed by atoms with Gasteiger partial charge >= 0.3 is 5.97 Å². The molecule has 1 aliphatic rings. The largest absolute Gasteiger partial charge is 0.466 e. The summed E-state index contributed by atoms with van der Waals surface area (Å²) in [4.78, 5) is 14.7. The number of esters is 1. The third-order valence-corrected chi connectivity index (χ3v) is 7.94. The Bertz CT molecular complexity index is 1100. The lowest BCUT2D eigenvalue weighted by molar-refractivity contribution is -0.144. The highest BCUT2D eigenvalue weighted by atomic mass is 32.1. The molecular weight excluding hydrogens is 376 g/mol. The fourth-order valence-corrected chi connectivity index (χ4v) is 6.47. The van der Waals surface area contributed by atoms with E-state index in [9.17, 15) is 4.79 Å². The van der Waals surface area contributed by atoms with Crippen molar-refractivity contribution in [3.05, 3.63) is 58.3 Å². The summed E-state index contributed by atoms with van der Waals surface area (Å²) in [6, 6.07) is 16.5. The molecule has 0 bridgehead atoms. The minimum absolute atomic E-state index is 0.172. The fourth-order valence-electron chi connectivity index (χ4n) is 3.84. The third kappa shape index (κ3) is 2.42. The number of thiophene rings is 2. The van der Waals surface area contributed by atoms with E-state index in [2.05, 4.69) is 31.2 Å². The predicted molar refractivity (Wildman–Crippen MR) is 111 cm³/mol. The van der Waals surface area contributed by atoms with Crippen LogP contribution in [0.2, 0.25) is 0 Å². The second-order valence-electron chi connectivity index (χ2n) is 6.93. The van der Waals surface area contributed by atoms with Gasteiger partial charge in [0, 0.05) is 20.2 Å². The van der Waals surface area contributed by atoms with Crippen LogP contribution in [0.3, 0.4) is 0 Å². The van der Waals surface area contributed by atoms with Crippen LogP contribution in [0.4, 0.5) is 0 Å². The highest BCUT2D eigenvalue weighted by Gasteiger charge is 2.45. The van der Waals surface area contributed by atoms with Crippen LogP contribution in [0.1, 0.15) is 30.0 Å². The van der Waals surface area contributed by atoms with Crippen molar-refractivity contribution >= 4 is 48.8 Å². The average molecular weight is 395 g/mol.